The summed E-state index contributed by atoms with van der Waals surface area (Å²) in [5.74, 6) is -1.49. The van der Waals surface area contributed by atoms with Crippen molar-refractivity contribution >= 4 is 11.9 Å². The summed E-state index contributed by atoms with van der Waals surface area (Å²) in [6.07, 6.45) is 13.7. The molecule has 26 heavy (non-hydrogen) atoms. The Morgan fingerprint density at radius 1 is 0.731 bits per heavy atom. The van der Waals surface area contributed by atoms with Crippen LogP contribution in [0.2, 0.25) is 0 Å². The monoisotopic (exact) mass is 370 g/mol. The van der Waals surface area contributed by atoms with Crippen molar-refractivity contribution in [1.82, 2.24) is 0 Å². The van der Waals surface area contributed by atoms with Crippen LogP contribution in [0.1, 0.15) is 97.3 Å². The van der Waals surface area contributed by atoms with Crippen molar-refractivity contribution < 1.29 is 24.1 Å². The third-order valence-electron chi connectivity index (χ3n) is 5.04. The SMILES string of the molecule is CCCCCCCCCCOOC(=O)C1CCCCC1C(=O)OCCC. The second-order valence-electron chi connectivity index (χ2n) is 7.36. The van der Waals surface area contributed by atoms with Gasteiger partial charge >= 0.3 is 11.9 Å². The van der Waals surface area contributed by atoms with E-state index in [1.54, 1.807) is 0 Å². The van der Waals surface area contributed by atoms with Gasteiger partial charge in [-0.15, -0.1) is 0 Å². The van der Waals surface area contributed by atoms with E-state index in [-0.39, 0.29) is 11.9 Å². The van der Waals surface area contributed by atoms with Gasteiger partial charge in [-0.25, -0.2) is 4.79 Å². The number of esters is 1. The lowest BCUT2D eigenvalue weighted by Gasteiger charge is -2.27. The van der Waals surface area contributed by atoms with Gasteiger partial charge in [0.2, 0.25) is 0 Å². The zero-order valence-corrected chi connectivity index (χ0v) is 16.8. The van der Waals surface area contributed by atoms with Crippen LogP contribution in [-0.2, 0) is 24.1 Å². The lowest BCUT2D eigenvalue weighted by molar-refractivity contribution is -0.278. The van der Waals surface area contributed by atoms with Crippen molar-refractivity contribution in [2.75, 3.05) is 13.2 Å². The molecule has 1 saturated carbocycles. The van der Waals surface area contributed by atoms with Crippen LogP contribution >= 0.6 is 0 Å². The molecule has 0 radical (unpaired) electrons. The predicted molar refractivity (Wildman–Crippen MR) is 101 cm³/mol. The van der Waals surface area contributed by atoms with E-state index in [4.69, 9.17) is 14.5 Å². The summed E-state index contributed by atoms with van der Waals surface area (Å²) in [5, 5.41) is 0. The first-order valence-electron chi connectivity index (χ1n) is 10.7. The second-order valence-corrected chi connectivity index (χ2v) is 7.36. The molecule has 1 aliphatic rings. The summed E-state index contributed by atoms with van der Waals surface area (Å²) in [4.78, 5) is 34.5. The third-order valence-corrected chi connectivity index (χ3v) is 5.04. The largest absolute Gasteiger partial charge is 0.465 e. The first kappa shape index (κ1) is 22.9. The van der Waals surface area contributed by atoms with Crippen molar-refractivity contribution in [3.8, 4) is 0 Å². The molecular formula is C21H38O5. The minimum Gasteiger partial charge on any atom is -0.465 e. The van der Waals surface area contributed by atoms with Gasteiger partial charge in [-0.2, -0.15) is 4.89 Å². The summed E-state index contributed by atoms with van der Waals surface area (Å²) in [5.41, 5.74) is 0. The first-order chi connectivity index (χ1) is 12.7. The number of hydrogen-bond acceptors (Lipinski definition) is 5. The van der Waals surface area contributed by atoms with Crippen molar-refractivity contribution in [3.63, 3.8) is 0 Å². The van der Waals surface area contributed by atoms with E-state index in [0.29, 0.717) is 26.1 Å². The average Bonchev–Trinajstić information content (AvgIpc) is 2.67. The Hall–Kier alpha value is -1.10. The Labute approximate surface area is 159 Å². The summed E-state index contributed by atoms with van der Waals surface area (Å²) in [6, 6.07) is 0. The molecule has 5 heteroatoms. The number of carbonyl (C=O) groups is 2. The Kier molecular flexibility index (Phi) is 13.2. The van der Waals surface area contributed by atoms with Crippen LogP contribution in [0, 0.1) is 11.8 Å². The summed E-state index contributed by atoms with van der Waals surface area (Å²) >= 11 is 0. The maximum absolute atomic E-state index is 12.3. The van der Waals surface area contributed by atoms with Crippen LogP contribution in [0.5, 0.6) is 0 Å². The molecule has 2 unspecified atom stereocenters. The van der Waals surface area contributed by atoms with Crippen molar-refractivity contribution in [1.29, 1.82) is 0 Å². The highest BCUT2D eigenvalue weighted by molar-refractivity contribution is 5.82. The molecule has 0 amide bonds. The molecule has 0 bridgehead atoms. The van der Waals surface area contributed by atoms with Crippen LogP contribution in [0.25, 0.3) is 0 Å². The second kappa shape index (κ2) is 15.0. The van der Waals surface area contributed by atoms with Gasteiger partial charge in [0.05, 0.1) is 25.0 Å². The summed E-state index contributed by atoms with van der Waals surface area (Å²) in [6.45, 7) is 5.02. The van der Waals surface area contributed by atoms with E-state index in [0.717, 1.165) is 32.1 Å². The quantitative estimate of drug-likeness (QED) is 0.178. The van der Waals surface area contributed by atoms with Crippen LogP contribution in [0.4, 0.5) is 0 Å². The van der Waals surface area contributed by atoms with E-state index >= 15 is 0 Å². The van der Waals surface area contributed by atoms with Gasteiger partial charge in [-0.3, -0.25) is 9.68 Å². The van der Waals surface area contributed by atoms with Gasteiger partial charge in [-0.05, 0) is 25.7 Å². The molecule has 0 heterocycles. The van der Waals surface area contributed by atoms with Crippen molar-refractivity contribution in [2.24, 2.45) is 11.8 Å². The van der Waals surface area contributed by atoms with Gasteiger partial charge in [0.25, 0.3) is 0 Å². The molecule has 2 atom stereocenters. The van der Waals surface area contributed by atoms with Crippen LogP contribution in [-0.4, -0.2) is 25.2 Å². The van der Waals surface area contributed by atoms with Gasteiger partial charge in [0.1, 0.15) is 0 Å². The summed E-state index contributed by atoms with van der Waals surface area (Å²) < 4.78 is 5.23. The highest BCUT2D eigenvalue weighted by Gasteiger charge is 2.38. The summed E-state index contributed by atoms with van der Waals surface area (Å²) in [7, 11) is 0. The van der Waals surface area contributed by atoms with E-state index in [9.17, 15) is 9.59 Å². The topological polar surface area (TPSA) is 61.8 Å². The predicted octanol–water partition coefficient (Wildman–Crippen LogP) is 5.36. The lowest BCUT2D eigenvalue weighted by atomic mass is 9.79. The van der Waals surface area contributed by atoms with Gasteiger partial charge < -0.3 is 4.74 Å². The smallest absolute Gasteiger partial charge is 0.346 e. The van der Waals surface area contributed by atoms with Crippen LogP contribution in [0.3, 0.4) is 0 Å². The molecule has 152 valence electrons. The van der Waals surface area contributed by atoms with Gasteiger partial charge in [0.15, 0.2) is 0 Å². The van der Waals surface area contributed by atoms with E-state index in [2.05, 4.69) is 6.92 Å². The van der Waals surface area contributed by atoms with Crippen molar-refractivity contribution in [3.05, 3.63) is 0 Å². The zero-order chi connectivity index (χ0) is 19.0. The Morgan fingerprint density at radius 3 is 1.92 bits per heavy atom. The molecule has 0 saturated heterocycles. The third kappa shape index (κ3) is 9.56. The highest BCUT2D eigenvalue weighted by Crippen LogP contribution is 2.32. The Balaban J connectivity index is 2.15. The minimum absolute atomic E-state index is 0.267. The van der Waals surface area contributed by atoms with E-state index in [1.165, 1.54) is 38.5 Å². The highest BCUT2D eigenvalue weighted by atomic mass is 17.2. The molecule has 5 nitrogen and oxygen atoms in total. The average molecular weight is 371 g/mol. The lowest BCUT2D eigenvalue weighted by Crippen LogP contribution is -2.35. The molecule has 0 N–H and O–H groups in total. The van der Waals surface area contributed by atoms with Crippen molar-refractivity contribution in [2.45, 2.75) is 97.3 Å². The first-order valence-corrected chi connectivity index (χ1v) is 10.7. The Morgan fingerprint density at radius 2 is 1.31 bits per heavy atom. The molecule has 0 spiro atoms. The van der Waals surface area contributed by atoms with Gasteiger partial charge in [0, 0.05) is 0 Å². The van der Waals surface area contributed by atoms with Crippen LogP contribution in [0.15, 0.2) is 0 Å². The Bertz CT molecular complexity index is 383. The molecular weight excluding hydrogens is 332 g/mol. The fourth-order valence-corrected chi connectivity index (χ4v) is 3.46. The number of hydrogen-bond donors (Lipinski definition) is 0. The van der Waals surface area contributed by atoms with Gasteiger partial charge in [-0.1, -0.05) is 71.6 Å². The van der Waals surface area contributed by atoms with E-state index in [1.807, 2.05) is 6.92 Å². The minimum atomic E-state index is -0.424. The number of ether oxygens (including phenoxy) is 1. The number of carbonyl (C=O) groups excluding carboxylic acids is 2. The molecule has 1 fully saturated rings. The maximum atomic E-state index is 12.3. The molecule has 0 aromatic heterocycles. The molecule has 0 aromatic carbocycles. The van der Waals surface area contributed by atoms with Crippen LogP contribution < -0.4 is 0 Å². The molecule has 1 aliphatic carbocycles. The standard InChI is InChI=1S/C21H38O5/c1-3-5-6-7-8-9-10-13-17-25-26-21(23)19-15-12-11-14-18(19)20(22)24-16-4-2/h18-19H,3-17H2,1-2H3. The molecule has 0 aliphatic heterocycles. The molecule has 0 aromatic rings. The maximum Gasteiger partial charge on any atom is 0.346 e. The fraction of sp³-hybridized carbons (Fsp3) is 0.905. The normalized spacial score (nSPS) is 19.9. The number of rotatable bonds is 14. The zero-order valence-electron chi connectivity index (χ0n) is 16.8. The number of unbranched alkanes of at least 4 members (excludes halogenated alkanes) is 7. The van der Waals surface area contributed by atoms with E-state index < -0.39 is 11.9 Å². The molecule has 1 rings (SSSR count). The fourth-order valence-electron chi connectivity index (χ4n) is 3.46.